The monoisotopic (exact) mass is 342 g/mol. The molecule has 0 N–H and O–H groups in total. The van der Waals surface area contributed by atoms with Crippen LogP contribution in [0.1, 0.15) is 68.7 Å². The van der Waals surface area contributed by atoms with Crippen LogP contribution in [0.2, 0.25) is 0 Å². The number of ketones is 3. The maximum absolute atomic E-state index is 13.0. The molecule has 0 bridgehead atoms. The normalized spacial score (nSPS) is 22.4. The predicted octanol–water partition coefficient (Wildman–Crippen LogP) is 4.49. The Kier molecular flexibility index (Phi) is 5.36. The zero-order valence-electron chi connectivity index (χ0n) is 16.5. The van der Waals surface area contributed by atoms with Crippen LogP contribution in [-0.2, 0) is 14.4 Å². The smallest absolute Gasteiger partial charge is 0.151 e. The van der Waals surface area contributed by atoms with Crippen LogP contribution in [0.5, 0.6) is 0 Å². The van der Waals surface area contributed by atoms with Crippen LogP contribution in [0.4, 0.5) is 0 Å². The molecule has 1 aromatic rings. The Balaban J connectivity index is 2.31. The zero-order valence-corrected chi connectivity index (χ0v) is 16.5. The Bertz CT molecular complexity index is 698. The summed E-state index contributed by atoms with van der Waals surface area (Å²) >= 11 is 0. The molecule has 1 aliphatic carbocycles. The summed E-state index contributed by atoms with van der Waals surface area (Å²) in [5.41, 5.74) is 3.83. The maximum atomic E-state index is 13.0. The third-order valence-electron chi connectivity index (χ3n) is 5.24. The highest BCUT2D eigenvalue weighted by atomic mass is 16.2. The van der Waals surface area contributed by atoms with Crippen LogP contribution >= 0.6 is 0 Å². The van der Waals surface area contributed by atoms with Crippen LogP contribution < -0.4 is 0 Å². The molecule has 0 amide bonds. The Morgan fingerprint density at radius 2 is 1.64 bits per heavy atom. The van der Waals surface area contributed by atoms with Gasteiger partial charge in [0.25, 0.3) is 0 Å². The average Bonchev–Trinajstić information content (AvgIpc) is 2.72. The van der Waals surface area contributed by atoms with Gasteiger partial charge in [-0.1, -0.05) is 45.4 Å². The minimum atomic E-state index is -0.699. The summed E-state index contributed by atoms with van der Waals surface area (Å²) in [4.78, 5) is 38.3. The molecule has 1 fully saturated rings. The molecule has 0 radical (unpaired) electrons. The topological polar surface area (TPSA) is 51.2 Å². The molecule has 0 heterocycles. The van der Waals surface area contributed by atoms with Crippen LogP contribution in [0, 0.1) is 38.0 Å². The fourth-order valence-corrected chi connectivity index (χ4v) is 4.09. The number of rotatable bonds is 4. The second-order valence-electron chi connectivity index (χ2n) is 8.92. The van der Waals surface area contributed by atoms with E-state index in [-0.39, 0.29) is 29.2 Å². The fourth-order valence-electron chi connectivity index (χ4n) is 4.09. The Labute approximate surface area is 151 Å². The van der Waals surface area contributed by atoms with E-state index in [1.165, 1.54) is 0 Å². The van der Waals surface area contributed by atoms with E-state index in [4.69, 9.17) is 0 Å². The first-order valence-electron chi connectivity index (χ1n) is 9.09. The van der Waals surface area contributed by atoms with E-state index in [1.54, 1.807) is 6.92 Å². The minimum absolute atomic E-state index is 0.0412. The number of Topliss-reactive ketones (excluding diaryl/α,β-unsaturated/α-hetero) is 3. The predicted molar refractivity (Wildman–Crippen MR) is 99.8 cm³/mol. The van der Waals surface area contributed by atoms with Gasteiger partial charge in [0.1, 0.15) is 17.5 Å². The maximum Gasteiger partial charge on any atom is 0.151 e. The van der Waals surface area contributed by atoms with Crippen LogP contribution in [0.15, 0.2) is 12.1 Å². The van der Waals surface area contributed by atoms with Crippen molar-refractivity contribution in [3.05, 3.63) is 34.4 Å². The third-order valence-corrected chi connectivity index (χ3v) is 5.24. The van der Waals surface area contributed by atoms with Crippen molar-refractivity contribution >= 4 is 17.3 Å². The second-order valence-corrected chi connectivity index (χ2v) is 8.92. The van der Waals surface area contributed by atoms with E-state index in [0.29, 0.717) is 6.42 Å². The summed E-state index contributed by atoms with van der Waals surface area (Å²) in [5, 5.41) is 0. The van der Waals surface area contributed by atoms with Gasteiger partial charge in [-0.15, -0.1) is 0 Å². The lowest BCUT2D eigenvalue weighted by molar-refractivity contribution is -0.132. The summed E-state index contributed by atoms with van der Waals surface area (Å²) < 4.78 is 0. The quantitative estimate of drug-likeness (QED) is 0.757. The summed E-state index contributed by atoms with van der Waals surface area (Å²) in [6.07, 6.45) is 0.618. The van der Waals surface area contributed by atoms with E-state index in [0.717, 1.165) is 22.3 Å². The van der Waals surface area contributed by atoms with Crippen molar-refractivity contribution < 1.29 is 14.4 Å². The molecule has 0 saturated heterocycles. The average molecular weight is 342 g/mol. The van der Waals surface area contributed by atoms with Gasteiger partial charge >= 0.3 is 0 Å². The second kappa shape index (κ2) is 6.86. The van der Waals surface area contributed by atoms with E-state index in [2.05, 4.69) is 0 Å². The molecule has 3 atom stereocenters. The van der Waals surface area contributed by atoms with Crippen molar-refractivity contribution in [3.63, 3.8) is 0 Å². The van der Waals surface area contributed by atoms with Gasteiger partial charge in [-0.3, -0.25) is 14.4 Å². The van der Waals surface area contributed by atoms with Crippen molar-refractivity contribution in [2.75, 3.05) is 0 Å². The molecule has 3 heteroatoms. The van der Waals surface area contributed by atoms with E-state index >= 15 is 0 Å². The molecule has 25 heavy (non-hydrogen) atoms. The molecule has 136 valence electrons. The summed E-state index contributed by atoms with van der Waals surface area (Å²) in [6, 6.07) is 4.04. The molecule has 1 saturated carbocycles. The molecular formula is C22H30O3. The van der Waals surface area contributed by atoms with Gasteiger partial charge in [0.15, 0.2) is 5.78 Å². The first-order chi connectivity index (χ1) is 11.4. The summed E-state index contributed by atoms with van der Waals surface area (Å²) in [7, 11) is 0. The van der Waals surface area contributed by atoms with Gasteiger partial charge in [0.05, 0.1) is 0 Å². The number of aryl methyl sites for hydroxylation is 3. The number of hydrogen-bond donors (Lipinski definition) is 0. The zero-order chi connectivity index (χ0) is 19.1. The van der Waals surface area contributed by atoms with Gasteiger partial charge in [-0.05, 0) is 42.9 Å². The Hall–Kier alpha value is -1.77. The number of carbonyl (C=O) groups excluding carboxylic acids is 3. The molecule has 2 rings (SSSR count). The van der Waals surface area contributed by atoms with Crippen molar-refractivity contribution in [3.8, 4) is 0 Å². The molecule has 3 unspecified atom stereocenters. The highest BCUT2D eigenvalue weighted by Crippen LogP contribution is 2.40. The minimum Gasteiger partial charge on any atom is -0.299 e. The first-order valence-corrected chi connectivity index (χ1v) is 9.09. The summed E-state index contributed by atoms with van der Waals surface area (Å²) in [6.45, 7) is 13.8. The highest BCUT2D eigenvalue weighted by molar-refractivity contribution is 6.16. The van der Waals surface area contributed by atoms with Gasteiger partial charge in [0.2, 0.25) is 0 Å². The van der Waals surface area contributed by atoms with E-state index in [1.807, 2.05) is 53.7 Å². The Morgan fingerprint density at radius 1 is 1.12 bits per heavy atom. The molecule has 3 nitrogen and oxygen atoms in total. The van der Waals surface area contributed by atoms with Crippen molar-refractivity contribution in [1.29, 1.82) is 0 Å². The SMILES string of the molecule is Cc1cc(C)c(C2C(=O)CC(C(C)C(=O)CC(C)(C)C)C2=O)c(C)c1. The third kappa shape index (κ3) is 4.08. The van der Waals surface area contributed by atoms with Crippen molar-refractivity contribution in [1.82, 2.24) is 0 Å². The van der Waals surface area contributed by atoms with Gasteiger partial charge < -0.3 is 0 Å². The van der Waals surface area contributed by atoms with Crippen LogP contribution in [-0.4, -0.2) is 17.3 Å². The molecule has 1 aromatic carbocycles. The molecular weight excluding hydrogens is 312 g/mol. The number of hydrogen-bond acceptors (Lipinski definition) is 3. The van der Waals surface area contributed by atoms with E-state index in [9.17, 15) is 14.4 Å². The molecule has 0 spiro atoms. The highest BCUT2D eigenvalue weighted by Gasteiger charge is 2.46. The van der Waals surface area contributed by atoms with Gasteiger partial charge in [-0.2, -0.15) is 0 Å². The number of carbonyl (C=O) groups is 3. The molecule has 0 aromatic heterocycles. The largest absolute Gasteiger partial charge is 0.299 e. The van der Waals surface area contributed by atoms with Crippen molar-refractivity contribution in [2.24, 2.45) is 17.3 Å². The van der Waals surface area contributed by atoms with E-state index < -0.39 is 17.8 Å². The molecule has 1 aliphatic rings. The molecule has 0 aliphatic heterocycles. The lowest BCUT2D eigenvalue weighted by atomic mass is 9.79. The summed E-state index contributed by atoms with van der Waals surface area (Å²) in [5.74, 6) is -1.61. The lowest BCUT2D eigenvalue weighted by Gasteiger charge is -2.23. The lowest BCUT2D eigenvalue weighted by Crippen LogP contribution is -2.28. The van der Waals surface area contributed by atoms with Crippen molar-refractivity contribution in [2.45, 2.75) is 67.2 Å². The van der Waals surface area contributed by atoms with Crippen LogP contribution in [0.25, 0.3) is 0 Å². The van der Waals surface area contributed by atoms with Gasteiger partial charge in [-0.25, -0.2) is 0 Å². The van der Waals surface area contributed by atoms with Crippen LogP contribution in [0.3, 0.4) is 0 Å². The number of benzene rings is 1. The first kappa shape index (κ1) is 19.6. The Morgan fingerprint density at radius 3 is 2.12 bits per heavy atom. The van der Waals surface area contributed by atoms with Gasteiger partial charge in [0, 0.05) is 24.7 Å². The standard InChI is InChI=1S/C22H30O3/c1-12-8-13(2)19(14(3)9-12)20-17(23)10-16(21(20)25)15(4)18(24)11-22(5,6)7/h8-9,15-16,20H,10-11H2,1-7H3. The fraction of sp³-hybridized carbons (Fsp3) is 0.591.